The number of rotatable bonds is 5. The average Bonchev–Trinajstić information content (AvgIpc) is 2.84. The molecule has 1 aliphatic rings. The molecule has 1 unspecified atom stereocenters. The standard InChI is InChI=1S/C25H16ClF3N2O4/c26-17-10-6-16(7-11-17)23(33)35-18-12-8-14(9-13-18)20-19(21(32)15-4-2-1-3-5-15)22(25(27,28)29)31-24(34)30-20/h1-13,20H,(H2,30,31,34). The van der Waals surface area contributed by atoms with Crippen LogP contribution < -0.4 is 15.4 Å². The highest BCUT2D eigenvalue weighted by Gasteiger charge is 2.45. The molecule has 3 aromatic rings. The number of benzene rings is 3. The lowest BCUT2D eigenvalue weighted by Crippen LogP contribution is -2.49. The predicted molar refractivity (Wildman–Crippen MR) is 121 cm³/mol. The minimum Gasteiger partial charge on any atom is -0.423 e. The van der Waals surface area contributed by atoms with Crippen LogP contribution in [0.5, 0.6) is 5.75 Å². The van der Waals surface area contributed by atoms with Crippen LogP contribution in [-0.2, 0) is 0 Å². The molecule has 6 nitrogen and oxygen atoms in total. The Morgan fingerprint density at radius 3 is 2.09 bits per heavy atom. The van der Waals surface area contributed by atoms with Crippen molar-refractivity contribution in [1.29, 1.82) is 0 Å². The van der Waals surface area contributed by atoms with E-state index in [2.05, 4.69) is 5.32 Å². The van der Waals surface area contributed by atoms with Crippen LogP contribution >= 0.6 is 11.6 Å². The maximum absolute atomic E-state index is 13.8. The normalized spacial score (nSPS) is 15.8. The van der Waals surface area contributed by atoms with Crippen LogP contribution in [0.2, 0.25) is 5.02 Å². The first-order chi connectivity index (χ1) is 16.6. The summed E-state index contributed by atoms with van der Waals surface area (Å²) in [6.07, 6.45) is -4.98. The monoisotopic (exact) mass is 500 g/mol. The third-order valence-electron chi connectivity index (χ3n) is 5.14. The van der Waals surface area contributed by atoms with Gasteiger partial charge in [-0.2, -0.15) is 13.2 Å². The van der Waals surface area contributed by atoms with E-state index in [0.29, 0.717) is 5.02 Å². The second kappa shape index (κ2) is 9.63. The SMILES string of the molecule is O=C1NC(C(F)(F)F)=C(C(=O)c2ccccc2)C(c2ccc(OC(=O)c3ccc(Cl)cc3)cc2)N1. The second-order valence-corrected chi connectivity index (χ2v) is 7.91. The molecule has 0 aliphatic carbocycles. The summed E-state index contributed by atoms with van der Waals surface area (Å²) in [5, 5.41) is 4.55. The second-order valence-electron chi connectivity index (χ2n) is 7.48. The van der Waals surface area contributed by atoms with E-state index in [9.17, 15) is 27.6 Å². The summed E-state index contributed by atoms with van der Waals surface area (Å²) in [4.78, 5) is 37.5. The first-order valence-corrected chi connectivity index (χ1v) is 10.6. The lowest BCUT2D eigenvalue weighted by molar-refractivity contribution is -0.0972. The van der Waals surface area contributed by atoms with Gasteiger partial charge in [-0.3, -0.25) is 4.79 Å². The topological polar surface area (TPSA) is 84.5 Å². The van der Waals surface area contributed by atoms with E-state index in [-0.39, 0.29) is 22.4 Å². The highest BCUT2D eigenvalue weighted by molar-refractivity contribution is 6.30. The number of esters is 1. The zero-order chi connectivity index (χ0) is 25.2. The Kier molecular flexibility index (Phi) is 6.61. The summed E-state index contributed by atoms with van der Waals surface area (Å²) in [5.74, 6) is -1.44. The van der Waals surface area contributed by atoms with Gasteiger partial charge in [-0.25, -0.2) is 9.59 Å². The van der Waals surface area contributed by atoms with Crippen LogP contribution in [-0.4, -0.2) is 24.0 Å². The number of hydrogen-bond donors (Lipinski definition) is 2. The van der Waals surface area contributed by atoms with Gasteiger partial charge in [0.05, 0.1) is 17.2 Å². The Labute approximate surface area is 202 Å². The van der Waals surface area contributed by atoms with Gasteiger partial charge >= 0.3 is 18.2 Å². The van der Waals surface area contributed by atoms with E-state index in [1.54, 1.807) is 11.4 Å². The van der Waals surface area contributed by atoms with Crippen LogP contribution in [0, 0.1) is 0 Å². The molecule has 0 aromatic heterocycles. The van der Waals surface area contributed by atoms with E-state index < -0.39 is 41.3 Å². The number of nitrogens with one attached hydrogen (secondary N) is 2. The van der Waals surface area contributed by atoms with E-state index in [4.69, 9.17) is 16.3 Å². The minimum absolute atomic E-state index is 0.0284. The molecule has 3 aromatic carbocycles. The largest absolute Gasteiger partial charge is 0.431 e. The van der Waals surface area contributed by atoms with Crippen molar-refractivity contribution in [2.45, 2.75) is 12.2 Å². The molecular formula is C25H16ClF3N2O4. The number of carbonyl (C=O) groups excluding carboxylic acids is 3. The molecule has 0 saturated heterocycles. The van der Waals surface area contributed by atoms with Gasteiger partial charge in [-0.05, 0) is 42.0 Å². The number of halogens is 4. The maximum Gasteiger partial charge on any atom is 0.431 e. The summed E-state index contributed by atoms with van der Waals surface area (Å²) in [6, 6.07) is 16.4. The smallest absolute Gasteiger partial charge is 0.423 e. The van der Waals surface area contributed by atoms with Crippen molar-refractivity contribution in [2.75, 3.05) is 0 Å². The third-order valence-corrected chi connectivity index (χ3v) is 5.39. The summed E-state index contributed by atoms with van der Waals surface area (Å²) in [6.45, 7) is 0. The fraction of sp³-hybridized carbons (Fsp3) is 0.0800. The summed E-state index contributed by atoms with van der Waals surface area (Å²) < 4.78 is 46.7. The highest BCUT2D eigenvalue weighted by Crippen LogP contribution is 2.37. The van der Waals surface area contributed by atoms with E-state index in [1.807, 2.05) is 0 Å². The Bertz CT molecular complexity index is 1310. The number of Topliss-reactive ketones (excluding diaryl/α,β-unsaturated/α-hetero) is 1. The van der Waals surface area contributed by atoms with Crippen LogP contribution in [0.15, 0.2) is 90.1 Å². The van der Waals surface area contributed by atoms with Gasteiger partial charge < -0.3 is 15.4 Å². The molecule has 0 saturated carbocycles. The van der Waals surface area contributed by atoms with E-state index >= 15 is 0 Å². The summed E-state index contributed by atoms with van der Waals surface area (Å²) in [5.41, 5.74) is -1.63. The molecule has 2 amide bonds. The van der Waals surface area contributed by atoms with Crippen LogP contribution in [0.25, 0.3) is 0 Å². The molecule has 1 aliphatic heterocycles. The zero-order valence-corrected chi connectivity index (χ0v) is 18.5. The molecule has 178 valence electrons. The van der Waals surface area contributed by atoms with Crippen molar-refractivity contribution in [1.82, 2.24) is 10.6 Å². The quantitative estimate of drug-likeness (QED) is 0.271. The zero-order valence-electron chi connectivity index (χ0n) is 17.7. The number of alkyl halides is 3. The van der Waals surface area contributed by atoms with Gasteiger partial charge in [-0.15, -0.1) is 0 Å². The van der Waals surface area contributed by atoms with Crippen LogP contribution in [0.3, 0.4) is 0 Å². The highest BCUT2D eigenvalue weighted by atomic mass is 35.5. The fourth-order valence-corrected chi connectivity index (χ4v) is 3.63. The lowest BCUT2D eigenvalue weighted by Gasteiger charge is -2.30. The molecule has 1 atom stereocenters. The average molecular weight is 501 g/mol. The minimum atomic E-state index is -4.98. The van der Waals surface area contributed by atoms with Gasteiger partial charge in [-0.1, -0.05) is 54.1 Å². The van der Waals surface area contributed by atoms with Gasteiger partial charge in [0.2, 0.25) is 0 Å². The lowest BCUT2D eigenvalue weighted by atomic mass is 9.89. The van der Waals surface area contributed by atoms with Crippen molar-refractivity contribution in [3.05, 3.63) is 112 Å². The number of carbonyl (C=O) groups is 3. The summed E-state index contributed by atoms with van der Waals surface area (Å²) in [7, 11) is 0. The number of amides is 2. The molecule has 35 heavy (non-hydrogen) atoms. The summed E-state index contributed by atoms with van der Waals surface area (Å²) >= 11 is 5.80. The molecule has 0 fully saturated rings. The Morgan fingerprint density at radius 1 is 0.857 bits per heavy atom. The maximum atomic E-state index is 13.8. The first-order valence-electron chi connectivity index (χ1n) is 10.2. The fourth-order valence-electron chi connectivity index (χ4n) is 3.51. The van der Waals surface area contributed by atoms with Gasteiger partial charge in [0, 0.05) is 10.6 Å². The van der Waals surface area contributed by atoms with Gasteiger partial charge in [0.1, 0.15) is 11.4 Å². The van der Waals surface area contributed by atoms with Crippen molar-refractivity contribution in [3.8, 4) is 5.75 Å². The van der Waals surface area contributed by atoms with Gasteiger partial charge in [0.15, 0.2) is 5.78 Å². The number of ketones is 1. The molecule has 1 heterocycles. The van der Waals surface area contributed by atoms with Crippen LogP contribution in [0.4, 0.5) is 18.0 Å². The number of urea groups is 1. The molecule has 2 N–H and O–H groups in total. The van der Waals surface area contributed by atoms with Crippen molar-refractivity contribution in [2.24, 2.45) is 0 Å². The molecule has 0 spiro atoms. The van der Waals surface area contributed by atoms with Crippen molar-refractivity contribution < 1.29 is 32.3 Å². The Hall–Kier alpha value is -4.11. The molecule has 0 radical (unpaired) electrons. The molecule has 4 rings (SSSR count). The van der Waals surface area contributed by atoms with E-state index in [0.717, 1.165) is 0 Å². The molecular weight excluding hydrogens is 485 g/mol. The van der Waals surface area contributed by atoms with Crippen molar-refractivity contribution >= 4 is 29.4 Å². The Morgan fingerprint density at radius 2 is 1.49 bits per heavy atom. The first kappa shape index (κ1) is 24.0. The van der Waals surface area contributed by atoms with E-state index in [1.165, 1.54) is 72.8 Å². The molecule has 10 heteroatoms. The van der Waals surface area contributed by atoms with Crippen molar-refractivity contribution in [3.63, 3.8) is 0 Å². The van der Waals surface area contributed by atoms with Gasteiger partial charge in [0.25, 0.3) is 0 Å². The number of allylic oxidation sites excluding steroid dienone is 1. The number of ether oxygens (including phenoxy) is 1. The van der Waals surface area contributed by atoms with Crippen LogP contribution in [0.1, 0.15) is 32.3 Å². The number of hydrogen-bond acceptors (Lipinski definition) is 4. The Balaban J connectivity index is 1.67. The molecule has 0 bridgehead atoms. The third kappa shape index (κ3) is 5.36. The predicted octanol–water partition coefficient (Wildman–Crippen LogP) is 5.61.